The van der Waals surface area contributed by atoms with Gasteiger partial charge in [0.2, 0.25) is 0 Å². The smallest absolute Gasteiger partial charge is 0.252 e. The van der Waals surface area contributed by atoms with Crippen molar-refractivity contribution in [1.82, 2.24) is 19.9 Å². The molecule has 0 aliphatic heterocycles. The maximum absolute atomic E-state index is 13.1. The topological polar surface area (TPSA) is 59.8 Å². The van der Waals surface area contributed by atoms with E-state index in [1.165, 1.54) is 12.1 Å². The van der Waals surface area contributed by atoms with Crippen LogP contribution in [0.3, 0.4) is 0 Å². The summed E-state index contributed by atoms with van der Waals surface area (Å²) in [7, 11) is 0. The molecule has 0 atom stereocenters. The number of imidazole rings is 1. The molecule has 0 unspecified atom stereocenters. The van der Waals surface area contributed by atoms with Crippen molar-refractivity contribution in [2.45, 2.75) is 26.8 Å². The summed E-state index contributed by atoms with van der Waals surface area (Å²) in [6.45, 7) is 4.96. The van der Waals surface area contributed by atoms with Gasteiger partial charge in [-0.25, -0.2) is 9.37 Å². The van der Waals surface area contributed by atoms with Crippen molar-refractivity contribution >= 4 is 5.91 Å². The number of carbonyl (C=O) groups is 1. The zero-order valence-corrected chi connectivity index (χ0v) is 14.9. The highest BCUT2D eigenvalue weighted by Crippen LogP contribution is 2.11. The monoisotopic (exact) mass is 352 g/mol. The molecule has 6 heteroatoms. The van der Waals surface area contributed by atoms with Crippen molar-refractivity contribution in [3.63, 3.8) is 0 Å². The Kier molecular flexibility index (Phi) is 5.41. The molecule has 2 heterocycles. The number of rotatable bonds is 6. The van der Waals surface area contributed by atoms with Gasteiger partial charge in [-0.3, -0.25) is 9.78 Å². The molecule has 0 spiro atoms. The van der Waals surface area contributed by atoms with Crippen LogP contribution in [0.15, 0.2) is 48.8 Å². The third-order valence-electron chi connectivity index (χ3n) is 4.20. The molecule has 0 aliphatic carbocycles. The summed E-state index contributed by atoms with van der Waals surface area (Å²) in [5.74, 6) is 0.490. The van der Waals surface area contributed by atoms with Crippen molar-refractivity contribution in [2.24, 2.45) is 0 Å². The highest BCUT2D eigenvalue weighted by atomic mass is 19.1. The normalized spacial score (nSPS) is 10.7. The lowest BCUT2D eigenvalue weighted by Crippen LogP contribution is -2.26. The van der Waals surface area contributed by atoms with Crippen molar-refractivity contribution in [3.05, 3.63) is 82.9 Å². The molecule has 0 aliphatic rings. The number of aromatic nitrogens is 3. The van der Waals surface area contributed by atoms with Gasteiger partial charge in [-0.15, -0.1) is 0 Å². The first-order valence-corrected chi connectivity index (χ1v) is 8.49. The first-order valence-electron chi connectivity index (χ1n) is 8.49. The largest absolute Gasteiger partial charge is 0.352 e. The molecule has 0 fully saturated rings. The maximum atomic E-state index is 13.1. The van der Waals surface area contributed by atoms with E-state index in [-0.39, 0.29) is 11.7 Å². The van der Waals surface area contributed by atoms with Crippen molar-refractivity contribution in [3.8, 4) is 0 Å². The van der Waals surface area contributed by atoms with E-state index >= 15 is 0 Å². The Balaban J connectivity index is 1.61. The molecule has 1 aromatic carbocycles. The second kappa shape index (κ2) is 7.91. The van der Waals surface area contributed by atoms with Gasteiger partial charge >= 0.3 is 0 Å². The average Bonchev–Trinajstić information content (AvgIpc) is 2.97. The Labute approximate surface area is 151 Å². The van der Waals surface area contributed by atoms with Crippen LogP contribution in [0, 0.1) is 19.7 Å². The van der Waals surface area contributed by atoms with Crippen molar-refractivity contribution < 1.29 is 9.18 Å². The van der Waals surface area contributed by atoms with Crippen LogP contribution < -0.4 is 5.32 Å². The van der Waals surface area contributed by atoms with Crippen molar-refractivity contribution in [1.29, 1.82) is 0 Å². The molecule has 0 bridgehead atoms. The molecule has 5 nitrogen and oxygen atoms in total. The van der Waals surface area contributed by atoms with Gasteiger partial charge in [-0.2, -0.15) is 0 Å². The predicted octanol–water partition coefficient (Wildman–Crippen LogP) is 3.05. The predicted molar refractivity (Wildman–Crippen MR) is 97.5 cm³/mol. The van der Waals surface area contributed by atoms with Gasteiger partial charge in [-0.05, 0) is 43.7 Å². The average molecular weight is 352 g/mol. The van der Waals surface area contributed by atoms with Gasteiger partial charge in [0.15, 0.2) is 0 Å². The van der Waals surface area contributed by atoms with Gasteiger partial charge in [0, 0.05) is 43.3 Å². The Morgan fingerprint density at radius 1 is 1.08 bits per heavy atom. The molecule has 26 heavy (non-hydrogen) atoms. The number of pyridine rings is 1. The fraction of sp³-hybridized carbons (Fsp3) is 0.250. The summed E-state index contributed by atoms with van der Waals surface area (Å²) >= 11 is 0. The Morgan fingerprint density at radius 2 is 1.85 bits per heavy atom. The minimum Gasteiger partial charge on any atom is -0.352 e. The van der Waals surface area contributed by atoms with Crippen LogP contribution in [0.2, 0.25) is 0 Å². The summed E-state index contributed by atoms with van der Waals surface area (Å²) in [5.41, 5.74) is 3.45. The van der Waals surface area contributed by atoms with Crippen LogP contribution in [0.1, 0.15) is 33.1 Å². The zero-order chi connectivity index (χ0) is 18.5. The molecule has 0 saturated heterocycles. The number of carbonyl (C=O) groups excluding carboxylic acids is 1. The number of amides is 1. The molecule has 1 N–H and O–H groups in total. The first-order chi connectivity index (χ1) is 12.5. The number of hydrogen-bond acceptors (Lipinski definition) is 3. The molecule has 0 radical (unpaired) electrons. The number of halogens is 1. The molecule has 3 aromatic rings. The highest BCUT2D eigenvalue weighted by molar-refractivity contribution is 5.93. The summed E-state index contributed by atoms with van der Waals surface area (Å²) < 4.78 is 15.1. The molecular formula is C20H21FN4O. The van der Waals surface area contributed by atoms with Gasteiger partial charge in [0.05, 0.1) is 5.56 Å². The second-order valence-corrected chi connectivity index (χ2v) is 6.22. The minimum atomic E-state index is -0.246. The molecule has 0 saturated carbocycles. The molecule has 134 valence electrons. The van der Waals surface area contributed by atoms with Crippen LogP contribution in [0.5, 0.6) is 0 Å². The third kappa shape index (κ3) is 4.33. The van der Waals surface area contributed by atoms with Gasteiger partial charge in [0.25, 0.3) is 5.91 Å². The van der Waals surface area contributed by atoms with Gasteiger partial charge in [0.1, 0.15) is 11.6 Å². The van der Waals surface area contributed by atoms with Gasteiger partial charge in [-0.1, -0.05) is 12.1 Å². The lowest BCUT2D eigenvalue weighted by atomic mass is 10.2. The Bertz CT molecular complexity index is 885. The summed E-state index contributed by atoms with van der Waals surface area (Å²) in [6, 6.07) is 10.0. The van der Waals surface area contributed by atoms with E-state index < -0.39 is 0 Å². The van der Waals surface area contributed by atoms with Crippen LogP contribution >= 0.6 is 0 Å². The quantitative estimate of drug-likeness (QED) is 0.742. The van der Waals surface area contributed by atoms with E-state index in [1.807, 2.05) is 26.1 Å². The molecule has 1 amide bonds. The fourth-order valence-corrected chi connectivity index (χ4v) is 2.69. The van der Waals surface area contributed by atoms with E-state index in [0.29, 0.717) is 25.1 Å². The fourth-order valence-electron chi connectivity index (χ4n) is 2.69. The van der Waals surface area contributed by atoms with E-state index in [4.69, 9.17) is 0 Å². The highest BCUT2D eigenvalue weighted by Gasteiger charge is 2.10. The second-order valence-electron chi connectivity index (χ2n) is 6.22. The maximum Gasteiger partial charge on any atom is 0.252 e. The van der Waals surface area contributed by atoms with E-state index in [9.17, 15) is 9.18 Å². The number of hydrogen-bond donors (Lipinski definition) is 1. The standard InChI is InChI=1S/C20H21FN4O/c1-14-3-6-17(12-23-14)20(26)22-10-9-19-24-11-15(2)25(19)13-16-4-7-18(21)8-5-16/h3-8,11-12H,9-10,13H2,1-2H3,(H,22,26). The van der Waals surface area contributed by atoms with E-state index in [2.05, 4.69) is 19.9 Å². The van der Waals surface area contributed by atoms with E-state index in [1.54, 1.807) is 24.4 Å². The van der Waals surface area contributed by atoms with Gasteiger partial charge < -0.3 is 9.88 Å². The van der Waals surface area contributed by atoms with Crippen LogP contribution in [0.4, 0.5) is 4.39 Å². The number of nitrogens with one attached hydrogen (secondary N) is 1. The van der Waals surface area contributed by atoms with Crippen LogP contribution in [-0.2, 0) is 13.0 Å². The first kappa shape index (κ1) is 17.8. The Morgan fingerprint density at radius 3 is 2.54 bits per heavy atom. The molecular weight excluding hydrogens is 331 g/mol. The summed E-state index contributed by atoms with van der Waals surface area (Å²) in [6.07, 6.45) is 3.99. The van der Waals surface area contributed by atoms with Crippen LogP contribution in [-0.4, -0.2) is 27.0 Å². The lowest BCUT2D eigenvalue weighted by Gasteiger charge is -2.11. The number of aryl methyl sites for hydroxylation is 2. The SMILES string of the molecule is Cc1ccc(C(=O)NCCc2ncc(C)n2Cc2ccc(F)cc2)cn1. The number of benzene rings is 1. The number of nitrogens with zero attached hydrogens (tertiary/aromatic N) is 3. The minimum absolute atomic E-state index is 0.147. The zero-order valence-electron chi connectivity index (χ0n) is 14.9. The third-order valence-corrected chi connectivity index (χ3v) is 4.20. The lowest BCUT2D eigenvalue weighted by molar-refractivity contribution is 0.0953. The molecule has 2 aromatic heterocycles. The van der Waals surface area contributed by atoms with Crippen molar-refractivity contribution in [2.75, 3.05) is 6.54 Å². The summed E-state index contributed by atoms with van der Waals surface area (Å²) in [4.78, 5) is 20.7. The van der Waals surface area contributed by atoms with E-state index in [0.717, 1.165) is 22.8 Å². The Hall–Kier alpha value is -3.02. The van der Waals surface area contributed by atoms with Crippen LogP contribution in [0.25, 0.3) is 0 Å². The molecule has 3 rings (SSSR count). The summed E-state index contributed by atoms with van der Waals surface area (Å²) in [5, 5.41) is 2.89.